The molecule has 1 aliphatic rings. The number of amides is 2. The first-order valence-electron chi connectivity index (χ1n) is 7.93. The van der Waals surface area contributed by atoms with E-state index >= 15 is 0 Å². The van der Waals surface area contributed by atoms with Crippen LogP contribution in [0.3, 0.4) is 0 Å². The summed E-state index contributed by atoms with van der Waals surface area (Å²) in [6, 6.07) is 5.97. The molecule has 0 aliphatic carbocycles. The molecule has 0 radical (unpaired) electrons. The first-order chi connectivity index (χ1) is 11.0. The topological polar surface area (TPSA) is 49.9 Å². The van der Waals surface area contributed by atoms with Crippen LogP contribution in [0.25, 0.3) is 0 Å². The fourth-order valence-corrected chi connectivity index (χ4v) is 2.45. The van der Waals surface area contributed by atoms with Crippen molar-refractivity contribution in [1.29, 1.82) is 0 Å². The van der Waals surface area contributed by atoms with E-state index in [0.29, 0.717) is 13.1 Å². The Morgan fingerprint density at radius 1 is 1.35 bits per heavy atom. The lowest BCUT2D eigenvalue weighted by atomic mass is 9.98. The van der Waals surface area contributed by atoms with Crippen molar-refractivity contribution in [3.63, 3.8) is 0 Å². The standard InChI is InChI=1S/C17H23FN2O3/c1-3-4-9-19(2)17(22)13-10-20(11-13)16(21)12-23-15-8-6-5-7-14(15)18/h5-8,13H,3-4,9-12H2,1-2H3. The van der Waals surface area contributed by atoms with Crippen LogP contribution in [0.5, 0.6) is 5.75 Å². The largest absolute Gasteiger partial charge is 0.481 e. The van der Waals surface area contributed by atoms with Crippen molar-refractivity contribution >= 4 is 11.8 Å². The zero-order valence-corrected chi connectivity index (χ0v) is 13.6. The fourth-order valence-electron chi connectivity index (χ4n) is 2.45. The van der Waals surface area contributed by atoms with E-state index < -0.39 is 5.82 Å². The summed E-state index contributed by atoms with van der Waals surface area (Å²) >= 11 is 0. The molecular formula is C17H23FN2O3. The van der Waals surface area contributed by atoms with Crippen LogP contribution in [0.4, 0.5) is 4.39 Å². The van der Waals surface area contributed by atoms with Crippen LogP contribution in [0, 0.1) is 11.7 Å². The van der Waals surface area contributed by atoms with Crippen LogP contribution >= 0.6 is 0 Å². The van der Waals surface area contributed by atoms with Crippen LogP contribution in [0.15, 0.2) is 24.3 Å². The molecule has 1 heterocycles. The van der Waals surface area contributed by atoms with Crippen molar-refractivity contribution in [3.8, 4) is 5.75 Å². The Balaban J connectivity index is 1.73. The van der Waals surface area contributed by atoms with Crippen molar-refractivity contribution in [2.24, 2.45) is 5.92 Å². The number of carbonyl (C=O) groups is 2. The lowest BCUT2D eigenvalue weighted by molar-refractivity contribution is -0.148. The molecule has 0 atom stereocenters. The summed E-state index contributed by atoms with van der Waals surface area (Å²) in [6.45, 7) is 3.44. The predicted molar refractivity (Wildman–Crippen MR) is 84.5 cm³/mol. The third-order valence-corrected chi connectivity index (χ3v) is 3.99. The van der Waals surface area contributed by atoms with Gasteiger partial charge < -0.3 is 14.5 Å². The Labute approximate surface area is 136 Å². The van der Waals surface area contributed by atoms with Crippen LogP contribution in [0.1, 0.15) is 19.8 Å². The highest BCUT2D eigenvalue weighted by Gasteiger charge is 2.37. The second-order valence-electron chi connectivity index (χ2n) is 5.83. The molecule has 2 amide bonds. The summed E-state index contributed by atoms with van der Waals surface area (Å²) in [4.78, 5) is 27.4. The maximum atomic E-state index is 13.4. The molecule has 1 fully saturated rings. The molecule has 1 aliphatic heterocycles. The van der Waals surface area contributed by atoms with Crippen molar-refractivity contribution in [2.75, 3.05) is 33.3 Å². The summed E-state index contributed by atoms with van der Waals surface area (Å²) < 4.78 is 18.6. The van der Waals surface area contributed by atoms with Crippen LogP contribution in [-0.4, -0.2) is 54.9 Å². The number of hydrogen-bond donors (Lipinski definition) is 0. The van der Waals surface area contributed by atoms with Gasteiger partial charge in [-0.1, -0.05) is 25.5 Å². The number of para-hydroxylation sites is 1. The Kier molecular flexibility index (Phi) is 5.96. The second-order valence-corrected chi connectivity index (χ2v) is 5.83. The highest BCUT2D eigenvalue weighted by Crippen LogP contribution is 2.19. The summed E-state index contributed by atoms with van der Waals surface area (Å²) in [5, 5.41) is 0. The number of nitrogens with zero attached hydrogens (tertiary/aromatic N) is 2. The minimum atomic E-state index is -0.491. The van der Waals surface area contributed by atoms with Gasteiger partial charge in [-0.05, 0) is 18.6 Å². The van der Waals surface area contributed by atoms with Gasteiger partial charge in [0.2, 0.25) is 5.91 Å². The minimum absolute atomic E-state index is 0.0632. The molecule has 0 N–H and O–H groups in total. The molecule has 0 saturated carbocycles. The average Bonchev–Trinajstić information content (AvgIpc) is 2.50. The van der Waals surface area contributed by atoms with E-state index in [9.17, 15) is 14.0 Å². The maximum absolute atomic E-state index is 13.4. The number of hydrogen-bond acceptors (Lipinski definition) is 3. The molecule has 0 spiro atoms. The van der Waals surface area contributed by atoms with Gasteiger partial charge in [0.05, 0.1) is 5.92 Å². The van der Waals surface area contributed by atoms with Crippen molar-refractivity contribution < 1.29 is 18.7 Å². The quantitative estimate of drug-likeness (QED) is 0.771. The van der Waals surface area contributed by atoms with E-state index in [1.54, 1.807) is 29.0 Å². The molecule has 5 nitrogen and oxygen atoms in total. The molecule has 126 valence electrons. The number of rotatable bonds is 7. The van der Waals surface area contributed by atoms with Crippen LogP contribution < -0.4 is 4.74 Å². The Morgan fingerprint density at radius 2 is 2.04 bits per heavy atom. The Bertz CT molecular complexity index is 559. The summed E-state index contributed by atoms with van der Waals surface area (Å²) in [5.74, 6) is -0.705. The molecule has 1 aromatic rings. The molecule has 2 rings (SSSR count). The number of halogens is 1. The number of carbonyl (C=O) groups excluding carboxylic acids is 2. The summed E-state index contributed by atoms with van der Waals surface area (Å²) in [6.07, 6.45) is 2.02. The molecular weight excluding hydrogens is 299 g/mol. The third-order valence-electron chi connectivity index (χ3n) is 3.99. The summed E-state index contributed by atoms with van der Waals surface area (Å²) in [5.41, 5.74) is 0. The molecule has 23 heavy (non-hydrogen) atoms. The fraction of sp³-hybridized carbons (Fsp3) is 0.529. The lowest BCUT2D eigenvalue weighted by Gasteiger charge is -2.39. The molecule has 0 unspecified atom stereocenters. The third kappa shape index (κ3) is 4.43. The van der Waals surface area contributed by atoms with E-state index in [4.69, 9.17) is 4.74 Å². The van der Waals surface area contributed by atoms with Crippen LogP contribution in [-0.2, 0) is 9.59 Å². The SMILES string of the molecule is CCCCN(C)C(=O)C1CN(C(=O)COc2ccccc2F)C1. The first-order valence-corrected chi connectivity index (χ1v) is 7.93. The monoisotopic (exact) mass is 322 g/mol. The minimum Gasteiger partial charge on any atom is -0.481 e. The first kappa shape index (κ1) is 17.2. The smallest absolute Gasteiger partial charge is 0.260 e. The Morgan fingerprint density at radius 3 is 2.70 bits per heavy atom. The zero-order valence-electron chi connectivity index (χ0n) is 13.6. The second kappa shape index (κ2) is 7.94. The predicted octanol–water partition coefficient (Wildman–Crippen LogP) is 1.92. The molecule has 1 saturated heterocycles. The lowest BCUT2D eigenvalue weighted by Crippen LogP contribution is -2.57. The van der Waals surface area contributed by atoms with E-state index in [1.165, 1.54) is 12.1 Å². The van der Waals surface area contributed by atoms with E-state index in [1.807, 2.05) is 0 Å². The number of likely N-dealkylation sites (tertiary alicyclic amines) is 1. The van der Waals surface area contributed by atoms with Crippen molar-refractivity contribution in [2.45, 2.75) is 19.8 Å². The zero-order chi connectivity index (χ0) is 16.8. The molecule has 0 bridgehead atoms. The van der Waals surface area contributed by atoms with E-state index in [0.717, 1.165) is 19.4 Å². The Hall–Kier alpha value is -2.11. The van der Waals surface area contributed by atoms with Gasteiger partial charge in [0.1, 0.15) is 0 Å². The van der Waals surface area contributed by atoms with Gasteiger partial charge in [0, 0.05) is 26.7 Å². The van der Waals surface area contributed by atoms with E-state index in [2.05, 4.69) is 6.92 Å². The van der Waals surface area contributed by atoms with Gasteiger partial charge in [0.25, 0.3) is 5.91 Å². The normalized spacial score (nSPS) is 14.3. The van der Waals surface area contributed by atoms with Gasteiger partial charge in [0.15, 0.2) is 18.2 Å². The van der Waals surface area contributed by atoms with Crippen molar-refractivity contribution in [3.05, 3.63) is 30.1 Å². The highest BCUT2D eigenvalue weighted by atomic mass is 19.1. The number of benzene rings is 1. The summed E-state index contributed by atoms with van der Waals surface area (Å²) in [7, 11) is 1.80. The number of ether oxygens (including phenoxy) is 1. The highest BCUT2D eigenvalue weighted by molar-refractivity contribution is 5.85. The molecule has 1 aromatic carbocycles. The van der Waals surface area contributed by atoms with Crippen molar-refractivity contribution in [1.82, 2.24) is 9.80 Å². The average molecular weight is 322 g/mol. The van der Waals surface area contributed by atoms with Gasteiger partial charge in [-0.3, -0.25) is 9.59 Å². The maximum Gasteiger partial charge on any atom is 0.260 e. The number of unbranched alkanes of at least 4 members (excludes halogenated alkanes) is 1. The van der Waals surface area contributed by atoms with Gasteiger partial charge in [-0.2, -0.15) is 0 Å². The molecule has 6 heteroatoms. The molecule has 0 aromatic heterocycles. The van der Waals surface area contributed by atoms with Gasteiger partial charge in [-0.15, -0.1) is 0 Å². The van der Waals surface area contributed by atoms with Crippen LogP contribution in [0.2, 0.25) is 0 Å². The van der Waals surface area contributed by atoms with Gasteiger partial charge in [-0.25, -0.2) is 4.39 Å². The van der Waals surface area contributed by atoms with E-state index in [-0.39, 0.29) is 30.1 Å². The van der Waals surface area contributed by atoms with Gasteiger partial charge >= 0.3 is 0 Å².